The Morgan fingerprint density at radius 3 is 2.71 bits per heavy atom. The van der Waals surface area contributed by atoms with Crippen molar-refractivity contribution in [2.45, 2.75) is 56.9 Å². The number of aromatic amines is 1. The number of rotatable bonds is 5. The molecule has 1 amide bonds. The molecule has 0 radical (unpaired) electrons. The highest BCUT2D eigenvalue weighted by Gasteiger charge is 2.50. The van der Waals surface area contributed by atoms with Crippen molar-refractivity contribution < 1.29 is 13.6 Å². The van der Waals surface area contributed by atoms with Crippen molar-refractivity contribution in [3.05, 3.63) is 84.2 Å². The third-order valence-electron chi connectivity index (χ3n) is 6.77. The number of benzene rings is 1. The van der Waals surface area contributed by atoms with E-state index in [0.29, 0.717) is 17.4 Å². The van der Waals surface area contributed by atoms with Crippen molar-refractivity contribution in [1.82, 2.24) is 14.9 Å². The van der Waals surface area contributed by atoms with Gasteiger partial charge in [-0.2, -0.15) is 8.78 Å². The van der Waals surface area contributed by atoms with Crippen LogP contribution in [-0.2, 0) is 29.1 Å². The van der Waals surface area contributed by atoms with Crippen molar-refractivity contribution in [3.63, 3.8) is 0 Å². The van der Waals surface area contributed by atoms with Crippen LogP contribution in [0.3, 0.4) is 0 Å². The zero-order chi connectivity index (χ0) is 24.3. The highest BCUT2D eigenvalue weighted by molar-refractivity contribution is 7.10. The lowest BCUT2D eigenvalue weighted by atomic mass is 9.99. The van der Waals surface area contributed by atoms with E-state index in [1.165, 1.54) is 28.6 Å². The summed E-state index contributed by atoms with van der Waals surface area (Å²) in [6.07, 6.45) is 2.06. The second-order valence-electron chi connectivity index (χ2n) is 9.38. The lowest BCUT2D eigenvalue weighted by Crippen LogP contribution is -2.46. The maximum atomic E-state index is 14.9. The van der Waals surface area contributed by atoms with Gasteiger partial charge in [0.1, 0.15) is 5.82 Å². The molecule has 1 fully saturated rings. The van der Waals surface area contributed by atoms with Gasteiger partial charge in [0.05, 0.1) is 23.2 Å². The first kappa shape index (κ1) is 23.2. The molecule has 2 aliphatic rings. The molecule has 1 saturated carbocycles. The number of amides is 1. The third kappa shape index (κ3) is 3.86. The van der Waals surface area contributed by atoms with Crippen molar-refractivity contribution >= 4 is 28.8 Å². The summed E-state index contributed by atoms with van der Waals surface area (Å²) in [5.74, 6) is -4.03. The van der Waals surface area contributed by atoms with Crippen LogP contribution in [0.25, 0.3) is 0 Å². The SMILES string of the molecule is CC(C)c1csc(C2(c3nc4c(c(=O)[nH]3)CN(C(=O)C(F)(F)c3cccc(Cl)c3)CC4)CC2)c1. The molecule has 2 aromatic heterocycles. The fourth-order valence-electron chi connectivity index (χ4n) is 4.46. The van der Waals surface area contributed by atoms with Gasteiger partial charge in [-0.3, -0.25) is 9.59 Å². The molecule has 3 aromatic rings. The first-order valence-electron chi connectivity index (χ1n) is 11.3. The highest BCUT2D eigenvalue weighted by atomic mass is 35.5. The van der Waals surface area contributed by atoms with E-state index in [1.807, 2.05) is 0 Å². The van der Waals surface area contributed by atoms with Crippen LogP contribution in [0.4, 0.5) is 8.78 Å². The van der Waals surface area contributed by atoms with Crippen molar-refractivity contribution in [3.8, 4) is 0 Å². The Balaban J connectivity index is 1.41. The second-order valence-corrected chi connectivity index (χ2v) is 10.7. The number of thiophene rings is 1. The monoisotopic (exact) mass is 503 g/mol. The minimum absolute atomic E-state index is 0.0708. The first-order valence-corrected chi connectivity index (χ1v) is 12.5. The number of H-pyrrole nitrogens is 1. The van der Waals surface area contributed by atoms with Gasteiger partial charge in [0, 0.05) is 28.4 Å². The summed E-state index contributed by atoms with van der Waals surface area (Å²) in [6, 6.07) is 7.30. The van der Waals surface area contributed by atoms with E-state index in [-0.39, 0.29) is 41.1 Å². The summed E-state index contributed by atoms with van der Waals surface area (Å²) in [4.78, 5) is 35.6. The van der Waals surface area contributed by atoms with Crippen LogP contribution in [0.5, 0.6) is 0 Å². The van der Waals surface area contributed by atoms with Gasteiger partial charge in [-0.05, 0) is 47.9 Å². The molecule has 0 unspecified atom stereocenters. The Labute approximate surface area is 204 Å². The number of halogens is 3. The number of nitrogens with one attached hydrogen (secondary N) is 1. The van der Waals surface area contributed by atoms with Crippen molar-refractivity contribution in [1.29, 1.82) is 0 Å². The average molecular weight is 504 g/mol. The van der Waals surface area contributed by atoms with Crippen LogP contribution < -0.4 is 5.56 Å². The van der Waals surface area contributed by atoms with E-state index >= 15 is 0 Å². The molecule has 0 atom stereocenters. The zero-order valence-corrected chi connectivity index (χ0v) is 20.4. The summed E-state index contributed by atoms with van der Waals surface area (Å²) in [7, 11) is 0. The number of nitrogens with zero attached hydrogens (tertiary/aromatic N) is 2. The summed E-state index contributed by atoms with van der Waals surface area (Å²) in [5.41, 5.74) is 1.01. The minimum Gasteiger partial charge on any atom is -0.332 e. The average Bonchev–Trinajstić information content (AvgIpc) is 3.46. The second kappa shape index (κ2) is 8.27. The van der Waals surface area contributed by atoms with E-state index in [0.717, 1.165) is 23.8 Å². The fourth-order valence-corrected chi connectivity index (χ4v) is 5.98. The first-order chi connectivity index (χ1) is 16.1. The van der Waals surface area contributed by atoms with Crippen molar-refractivity contribution in [2.24, 2.45) is 0 Å². The van der Waals surface area contributed by atoms with Crippen LogP contribution in [0, 0.1) is 0 Å². The van der Waals surface area contributed by atoms with Crippen LogP contribution in [-0.4, -0.2) is 27.3 Å². The topological polar surface area (TPSA) is 66.1 Å². The van der Waals surface area contributed by atoms with Crippen LogP contribution in [0.2, 0.25) is 5.02 Å². The molecule has 5 rings (SSSR count). The Morgan fingerprint density at radius 2 is 2.06 bits per heavy atom. The number of hydrogen-bond acceptors (Lipinski definition) is 4. The van der Waals surface area contributed by atoms with Gasteiger partial charge in [0.25, 0.3) is 11.5 Å². The van der Waals surface area contributed by atoms with E-state index in [4.69, 9.17) is 16.6 Å². The van der Waals surface area contributed by atoms with Crippen LogP contribution >= 0.6 is 22.9 Å². The molecule has 0 bridgehead atoms. The molecule has 1 aliphatic carbocycles. The molecule has 3 heterocycles. The van der Waals surface area contributed by atoms with Gasteiger partial charge >= 0.3 is 5.92 Å². The van der Waals surface area contributed by atoms with E-state index in [9.17, 15) is 18.4 Å². The van der Waals surface area contributed by atoms with Gasteiger partial charge in [-0.25, -0.2) is 4.98 Å². The lowest BCUT2D eigenvalue weighted by molar-refractivity contribution is -0.160. The molecule has 34 heavy (non-hydrogen) atoms. The number of hydrogen-bond donors (Lipinski definition) is 1. The summed E-state index contributed by atoms with van der Waals surface area (Å²) >= 11 is 7.52. The fraction of sp³-hybridized carbons (Fsp3) is 0.400. The summed E-state index contributed by atoms with van der Waals surface area (Å²) in [6.45, 7) is 4.17. The lowest BCUT2D eigenvalue weighted by Gasteiger charge is -2.31. The third-order valence-corrected chi connectivity index (χ3v) is 8.16. The molecule has 1 N–H and O–H groups in total. The quantitative estimate of drug-likeness (QED) is 0.509. The predicted octanol–water partition coefficient (Wildman–Crippen LogP) is 5.36. The Kier molecular flexibility index (Phi) is 5.64. The summed E-state index contributed by atoms with van der Waals surface area (Å²) < 4.78 is 29.8. The smallest absolute Gasteiger partial charge is 0.332 e. The number of alkyl halides is 2. The van der Waals surface area contributed by atoms with Crippen LogP contribution in [0.15, 0.2) is 40.5 Å². The Hall–Kier alpha value is -2.58. The van der Waals surface area contributed by atoms with E-state index in [1.54, 1.807) is 11.3 Å². The molecule has 178 valence electrons. The van der Waals surface area contributed by atoms with E-state index < -0.39 is 17.4 Å². The minimum atomic E-state index is -3.74. The standard InChI is InChI=1S/C25H24ClF2N3O2S/c1-14(2)15-10-20(34-13-15)24(7-8-24)22-29-19-6-9-31(12-18(19)21(32)30-22)23(33)25(27,28)16-4-3-5-17(26)11-16/h3-5,10-11,13-14H,6-9,12H2,1-2H3,(H,29,30,32). The van der Waals surface area contributed by atoms with Gasteiger partial charge in [0.15, 0.2) is 0 Å². The zero-order valence-electron chi connectivity index (χ0n) is 18.8. The normalized spacial score (nSPS) is 17.1. The van der Waals surface area contributed by atoms with Gasteiger partial charge in [-0.1, -0.05) is 37.6 Å². The molecule has 0 saturated heterocycles. The van der Waals surface area contributed by atoms with Crippen LogP contribution in [0.1, 0.15) is 65.7 Å². The van der Waals surface area contributed by atoms with Gasteiger partial charge in [0.2, 0.25) is 0 Å². The highest BCUT2D eigenvalue weighted by Crippen LogP contribution is 2.54. The number of carbonyl (C=O) groups is 1. The Morgan fingerprint density at radius 1 is 1.29 bits per heavy atom. The molecule has 1 aromatic carbocycles. The predicted molar refractivity (Wildman–Crippen MR) is 128 cm³/mol. The maximum Gasteiger partial charge on any atom is 0.350 e. The number of aromatic nitrogens is 2. The summed E-state index contributed by atoms with van der Waals surface area (Å²) in [5, 5.41) is 2.28. The molecular weight excluding hydrogens is 480 g/mol. The molecular formula is C25H24ClF2N3O2S. The molecule has 5 nitrogen and oxygen atoms in total. The van der Waals surface area contributed by atoms with Crippen molar-refractivity contribution in [2.75, 3.05) is 6.54 Å². The maximum absolute atomic E-state index is 14.9. The molecule has 9 heteroatoms. The largest absolute Gasteiger partial charge is 0.350 e. The number of fused-ring (bicyclic) bond motifs is 1. The number of carbonyl (C=O) groups excluding carboxylic acids is 1. The Bertz CT molecular complexity index is 1330. The molecule has 1 aliphatic heterocycles. The molecule has 0 spiro atoms. The van der Waals surface area contributed by atoms with Gasteiger partial charge in [-0.15, -0.1) is 11.3 Å². The van der Waals surface area contributed by atoms with Gasteiger partial charge < -0.3 is 9.88 Å². The van der Waals surface area contributed by atoms with E-state index in [2.05, 4.69) is 30.3 Å².